The number of hydrogen-bond donors (Lipinski definition) is 2. The molecule has 0 unspecified atom stereocenters. The average molecular weight is 338 g/mol. The fraction of sp³-hybridized carbons (Fsp3) is 0.375. The van der Waals surface area contributed by atoms with Crippen LogP contribution < -0.4 is 10.6 Å². The van der Waals surface area contributed by atoms with Crippen molar-refractivity contribution in [3.63, 3.8) is 0 Å². The Balaban J connectivity index is 2.22. The van der Waals surface area contributed by atoms with Crippen molar-refractivity contribution in [1.29, 1.82) is 0 Å². The summed E-state index contributed by atoms with van der Waals surface area (Å²) in [6.07, 6.45) is 0. The third-order valence-electron chi connectivity index (χ3n) is 3.34. The summed E-state index contributed by atoms with van der Waals surface area (Å²) < 4.78 is 18.7. The average Bonchev–Trinajstić information content (AvgIpc) is 2.50. The minimum Gasteiger partial charge on any atom is -0.461 e. The number of ether oxygens (including phenoxy) is 1. The molecule has 124 valence electrons. The number of amides is 2. The molecule has 1 aliphatic rings. The zero-order valence-corrected chi connectivity index (χ0v) is 13.8. The van der Waals surface area contributed by atoms with E-state index in [0.717, 1.165) is 5.75 Å². The fourth-order valence-corrected chi connectivity index (χ4v) is 2.81. The Kier molecular flexibility index (Phi) is 6.04. The molecule has 1 heterocycles. The van der Waals surface area contributed by atoms with E-state index in [0.29, 0.717) is 17.0 Å². The minimum absolute atomic E-state index is 0.289. The number of urea groups is 1. The topological polar surface area (TPSA) is 67.4 Å². The number of esters is 1. The van der Waals surface area contributed by atoms with Crippen LogP contribution in [0.3, 0.4) is 0 Å². The highest BCUT2D eigenvalue weighted by Gasteiger charge is 2.32. The molecule has 2 N–H and O–H groups in total. The van der Waals surface area contributed by atoms with Crippen molar-refractivity contribution >= 4 is 23.8 Å². The lowest BCUT2D eigenvalue weighted by molar-refractivity contribution is -0.138. The molecule has 2 rings (SSSR count). The van der Waals surface area contributed by atoms with E-state index in [2.05, 4.69) is 10.6 Å². The Morgan fingerprint density at radius 3 is 2.91 bits per heavy atom. The normalized spacial score (nSPS) is 17.5. The van der Waals surface area contributed by atoms with E-state index in [9.17, 15) is 14.0 Å². The summed E-state index contributed by atoms with van der Waals surface area (Å²) in [6.45, 7) is 3.94. The Hall–Kier alpha value is -2.02. The molecular formula is C16H19FN2O3S. The standard InChI is InChI=1S/C16H19FN2O3S/c1-3-23-8-7-22-15(20)13-10(2)18-16(21)19-14(13)11-5-4-6-12(17)9-11/h4-6,9,14H,3,7-8H2,1-2H3,(H2,18,19,21)/t14-/m0/s1. The van der Waals surface area contributed by atoms with Gasteiger partial charge in [-0.2, -0.15) is 11.8 Å². The summed E-state index contributed by atoms with van der Waals surface area (Å²) in [5, 5.41) is 5.20. The zero-order chi connectivity index (χ0) is 16.8. The molecule has 7 heteroatoms. The quantitative estimate of drug-likeness (QED) is 0.618. The maximum absolute atomic E-state index is 13.5. The predicted molar refractivity (Wildman–Crippen MR) is 87.5 cm³/mol. The van der Waals surface area contributed by atoms with Crippen LogP contribution >= 0.6 is 11.8 Å². The number of allylic oxidation sites excluding steroid dienone is 1. The monoisotopic (exact) mass is 338 g/mol. The highest BCUT2D eigenvalue weighted by atomic mass is 32.2. The van der Waals surface area contributed by atoms with Crippen LogP contribution in [-0.2, 0) is 9.53 Å². The molecule has 0 aliphatic carbocycles. The SMILES string of the molecule is CCSCCOC(=O)C1=C(C)NC(=O)N[C@H]1c1cccc(F)c1. The van der Waals surface area contributed by atoms with Crippen molar-refractivity contribution in [1.82, 2.24) is 10.6 Å². The number of carbonyl (C=O) groups excluding carboxylic acids is 2. The second-order valence-electron chi connectivity index (χ2n) is 4.96. The lowest BCUT2D eigenvalue weighted by Gasteiger charge is -2.28. The largest absolute Gasteiger partial charge is 0.461 e. The molecule has 0 spiro atoms. The summed E-state index contributed by atoms with van der Waals surface area (Å²) in [7, 11) is 0. The van der Waals surface area contributed by atoms with Crippen LogP contribution in [0, 0.1) is 5.82 Å². The number of hydrogen-bond acceptors (Lipinski definition) is 4. The van der Waals surface area contributed by atoms with Crippen LogP contribution in [0.1, 0.15) is 25.5 Å². The Labute approximate surface area is 138 Å². The van der Waals surface area contributed by atoms with E-state index in [4.69, 9.17) is 4.74 Å². The number of benzene rings is 1. The van der Waals surface area contributed by atoms with E-state index >= 15 is 0 Å². The van der Waals surface area contributed by atoms with E-state index in [1.165, 1.54) is 18.2 Å². The van der Waals surface area contributed by atoms with E-state index in [1.807, 2.05) is 6.92 Å². The van der Waals surface area contributed by atoms with Gasteiger partial charge in [0.25, 0.3) is 0 Å². The highest BCUT2D eigenvalue weighted by molar-refractivity contribution is 7.99. The summed E-state index contributed by atoms with van der Waals surface area (Å²) in [5.41, 5.74) is 1.20. The molecule has 0 aromatic heterocycles. The van der Waals surface area contributed by atoms with Crippen molar-refractivity contribution < 1.29 is 18.7 Å². The van der Waals surface area contributed by atoms with Gasteiger partial charge in [0.15, 0.2) is 0 Å². The second kappa shape index (κ2) is 8.01. The van der Waals surface area contributed by atoms with E-state index < -0.39 is 23.9 Å². The second-order valence-corrected chi connectivity index (χ2v) is 6.35. The maximum Gasteiger partial charge on any atom is 0.338 e. The molecule has 23 heavy (non-hydrogen) atoms. The molecule has 1 atom stereocenters. The number of thioether (sulfide) groups is 1. The smallest absolute Gasteiger partial charge is 0.338 e. The van der Waals surface area contributed by atoms with Gasteiger partial charge < -0.3 is 15.4 Å². The van der Waals surface area contributed by atoms with Crippen molar-refractivity contribution in [2.75, 3.05) is 18.1 Å². The van der Waals surface area contributed by atoms with Gasteiger partial charge in [-0.15, -0.1) is 0 Å². The van der Waals surface area contributed by atoms with Gasteiger partial charge in [-0.1, -0.05) is 19.1 Å². The zero-order valence-electron chi connectivity index (χ0n) is 13.0. The molecule has 5 nitrogen and oxygen atoms in total. The van der Waals surface area contributed by atoms with Crippen LogP contribution in [0.25, 0.3) is 0 Å². The first kappa shape index (κ1) is 17.3. The van der Waals surface area contributed by atoms with Crippen LogP contribution in [0.4, 0.5) is 9.18 Å². The molecule has 0 fully saturated rings. The van der Waals surface area contributed by atoms with E-state index in [-0.39, 0.29) is 12.2 Å². The molecule has 1 aliphatic heterocycles. The lowest BCUT2D eigenvalue weighted by Crippen LogP contribution is -2.45. The Morgan fingerprint density at radius 2 is 2.22 bits per heavy atom. The number of halogens is 1. The van der Waals surface area contributed by atoms with Crippen molar-refractivity contribution in [3.05, 3.63) is 46.9 Å². The van der Waals surface area contributed by atoms with Crippen LogP contribution in [-0.4, -0.2) is 30.1 Å². The Bertz CT molecular complexity index is 634. The van der Waals surface area contributed by atoms with Crippen molar-refractivity contribution in [2.45, 2.75) is 19.9 Å². The van der Waals surface area contributed by atoms with Gasteiger partial charge in [0.2, 0.25) is 0 Å². The molecular weight excluding hydrogens is 319 g/mol. The molecule has 0 radical (unpaired) electrons. The van der Waals surface area contributed by atoms with Gasteiger partial charge in [-0.3, -0.25) is 0 Å². The van der Waals surface area contributed by atoms with Crippen molar-refractivity contribution in [2.24, 2.45) is 0 Å². The summed E-state index contributed by atoms with van der Waals surface area (Å²) in [6, 6.07) is 4.63. The predicted octanol–water partition coefficient (Wildman–Crippen LogP) is 2.75. The molecule has 1 aromatic rings. The van der Waals surface area contributed by atoms with Gasteiger partial charge >= 0.3 is 12.0 Å². The van der Waals surface area contributed by atoms with E-state index in [1.54, 1.807) is 24.8 Å². The van der Waals surface area contributed by atoms with Gasteiger partial charge in [0.05, 0.1) is 11.6 Å². The third kappa shape index (κ3) is 4.48. The van der Waals surface area contributed by atoms with Crippen molar-refractivity contribution in [3.8, 4) is 0 Å². The Morgan fingerprint density at radius 1 is 1.43 bits per heavy atom. The van der Waals surface area contributed by atoms with Gasteiger partial charge in [-0.25, -0.2) is 14.0 Å². The molecule has 0 saturated heterocycles. The maximum atomic E-state index is 13.5. The van der Waals surface area contributed by atoms with Gasteiger partial charge in [0, 0.05) is 11.4 Å². The molecule has 0 bridgehead atoms. The lowest BCUT2D eigenvalue weighted by atomic mass is 9.95. The summed E-state index contributed by atoms with van der Waals surface area (Å²) in [4.78, 5) is 24.1. The number of carbonyl (C=O) groups is 2. The molecule has 2 amide bonds. The first-order chi connectivity index (χ1) is 11.0. The van der Waals surface area contributed by atoms with Crippen LogP contribution in [0.15, 0.2) is 35.5 Å². The first-order valence-corrected chi connectivity index (χ1v) is 8.47. The number of rotatable bonds is 6. The number of nitrogens with one attached hydrogen (secondary N) is 2. The third-order valence-corrected chi connectivity index (χ3v) is 4.20. The fourth-order valence-electron chi connectivity index (χ4n) is 2.32. The van der Waals surface area contributed by atoms with Crippen LogP contribution in [0.2, 0.25) is 0 Å². The molecule has 0 saturated carbocycles. The highest BCUT2D eigenvalue weighted by Crippen LogP contribution is 2.27. The van der Waals surface area contributed by atoms with Gasteiger partial charge in [0.1, 0.15) is 12.4 Å². The van der Waals surface area contributed by atoms with Gasteiger partial charge in [-0.05, 0) is 30.4 Å². The summed E-state index contributed by atoms with van der Waals surface area (Å²) in [5.74, 6) is 0.711. The van der Waals surface area contributed by atoms with Crippen LogP contribution in [0.5, 0.6) is 0 Å². The molecule has 1 aromatic carbocycles. The minimum atomic E-state index is -0.731. The first-order valence-electron chi connectivity index (χ1n) is 7.31. The summed E-state index contributed by atoms with van der Waals surface area (Å²) >= 11 is 1.67.